The van der Waals surface area contributed by atoms with Gasteiger partial charge in [-0.15, -0.1) is 10.2 Å². The topological polar surface area (TPSA) is 58.4 Å². The van der Waals surface area contributed by atoms with Crippen LogP contribution in [0.3, 0.4) is 0 Å². The van der Waals surface area contributed by atoms with Gasteiger partial charge in [0.05, 0.1) is 11.4 Å². The van der Waals surface area contributed by atoms with Gasteiger partial charge in [-0.1, -0.05) is 38.1 Å². The maximum atomic E-state index is 4.57. The van der Waals surface area contributed by atoms with Crippen LogP contribution in [0.15, 0.2) is 36.7 Å². The molecule has 0 spiro atoms. The highest BCUT2D eigenvalue weighted by atomic mass is 15.3. The Hall–Kier alpha value is -2.47. The molecule has 27 heavy (non-hydrogen) atoms. The monoisotopic (exact) mass is 364 g/mol. The van der Waals surface area contributed by atoms with Crippen LogP contribution < -0.4 is 5.32 Å². The number of rotatable bonds is 6. The van der Waals surface area contributed by atoms with E-state index in [-0.39, 0.29) is 0 Å². The second-order valence-electron chi connectivity index (χ2n) is 7.81. The van der Waals surface area contributed by atoms with Crippen LogP contribution >= 0.6 is 0 Å². The van der Waals surface area contributed by atoms with Crippen LogP contribution in [0.1, 0.15) is 48.9 Å². The number of benzene rings is 1. The molecule has 6 nitrogen and oxygen atoms in total. The van der Waals surface area contributed by atoms with Gasteiger partial charge < -0.3 is 10.2 Å². The first-order valence-electron chi connectivity index (χ1n) is 9.84. The lowest BCUT2D eigenvalue weighted by Gasteiger charge is -2.18. The molecule has 2 aromatic heterocycles. The third-order valence-electron chi connectivity index (χ3n) is 5.52. The normalized spacial score (nSPS) is 17.9. The molecule has 0 bridgehead atoms. The first kappa shape index (κ1) is 17.9. The zero-order chi connectivity index (χ0) is 18.8. The summed E-state index contributed by atoms with van der Waals surface area (Å²) >= 11 is 0. The zero-order valence-electron chi connectivity index (χ0n) is 16.4. The van der Waals surface area contributed by atoms with Crippen molar-refractivity contribution in [2.24, 2.45) is 0 Å². The van der Waals surface area contributed by atoms with Crippen molar-refractivity contribution >= 4 is 11.3 Å². The summed E-state index contributed by atoms with van der Waals surface area (Å²) < 4.78 is 1.77. The maximum absolute atomic E-state index is 4.57. The van der Waals surface area contributed by atoms with Gasteiger partial charge in [-0.25, -0.2) is 0 Å². The zero-order valence-corrected chi connectivity index (χ0v) is 16.4. The molecular formula is C21H28N6. The summed E-state index contributed by atoms with van der Waals surface area (Å²) in [6.07, 6.45) is 2.91. The van der Waals surface area contributed by atoms with Crippen LogP contribution in [-0.2, 0) is 0 Å². The van der Waals surface area contributed by atoms with Crippen molar-refractivity contribution in [3.63, 3.8) is 0 Å². The molecule has 0 aliphatic carbocycles. The van der Waals surface area contributed by atoms with Crippen molar-refractivity contribution in [3.05, 3.63) is 53.5 Å². The van der Waals surface area contributed by atoms with Gasteiger partial charge >= 0.3 is 0 Å². The van der Waals surface area contributed by atoms with Crippen LogP contribution in [0.2, 0.25) is 0 Å². The summed E-state index contributed by atoms with van der Waals surface area (Å²) in [5.41, 5.74) is 5.77. The Morgan fingerprint density at radius 2 is 2.11 bits per heavy atom. The number of hydrogen-bond acceptors (Lipinski definition) is 5. The third kappa shape index (κ3) is 3.81. The Morgan fingerprint density at radius 1 is 1.26 bits per heavy atom. The Bertz CT molecular complexity index is 916. The molecule has 6 heteroatoms. The molecule has 1 aliphatic heterocycles. The summed E-state index contributed by atoms with van der Waals surface area (Å²) in [6.45, 7) is 10.7. The molecule has 1 N–H and O–H groups in total. The quantitative estimate of drug-likeness (QED) is 0.726. The average molecular weight is 364 g/mol. The molecule has 1 saturated heterocycles. The lowest BCUT2D eigenvalue weighted by molar-refractivity contribution is 0.348. The van der Waals surface area contributed by atoms with E-state index in [9.17, 15) is 0 Å². The summed E-state index contributed by atoms with van der Waals surface area (Å²) in [6, 6.07) is 10.9. The molecule has 1 fully saturated rings. The van der Waals surface area contributed by atoms with Crippen LogP contribution in [0, 0.1) is 6.92 Å². The van der Waals surface area contributed by atoms with E-state index in [0.29, 0.717) is 11.8 Å². The molecule has 1 aromatic carbocycles. The Labute approximate surface area is 160 Å². The molecule has 0 saturated carbocycles. The largest absolute Gasteiger partial charge is 0.381 e. The number of anilines is 1. The number of fused-ring (bicyclic) bond motifs is 1. The predicted octanol–water partition coefficient (Wildman–Crippen LogP) is 3.46. The number of aromatic nitrogens is 4. The van der Waals surface area contributed by atoms with Gasteiger partial charge in [0.15, 0.2) is 0 Å². The second-order valence-corrected chi connectivity index (χ2v) is 7.81. The molecule has 1 unspecified atom stereocenters. The minimum atomic E-state index is 0.366. The summed E-state index contributed by atoms with van der Waals surface area (Å²) in [5.74, 6) is 1.02. The van der Waals surface area contributed by atoms with Gasteiger partial charge in [0, 0.05) is 19.6 Å². The fourth-order valence-electron chi connectivity index (χ4n) is 3.94. The Balaban J connectivity index is 1.37. The number of nitrogens with zero attached hydrogens (tertiary/aromatic N) is 5. The van der Waals surface area contributed by atoms with Gasteiger partial charge in [0.1, 0.15) is 6.33 Å². The average Bonchev–Trinajstić information content (AvgIpc) is 3.31. The first-order chi connectivity index (χ1) is 13.1. The highest BCUT2D eigenvalue weighted by molar-refractivity contribution is 5.66. The van der Waals surface area contributed by atoms with Crippen LogP contribution in [-0.4, -0.2) is 50.9 Å². The Morgan fingerprint density at radius 3 is 2.93 bits per heavy atom. The van der Waals surface area contributed by atoms with E-state index < -0.39 is 0 Å². The van der Waals surface area contributed by atoms with Crippen LogP contribution in [0.25, 0.3) is 5.65 Å². The van der Waals surface area contributed by atoms with Crippen molar-refractivity contribution in [1.82, 2.24) is 24.7 Å². The first-order valence-corrected chi connectivity index (χ1v) is 9.84. The van der Waals surface area contributed by atoms with Crippen LogP contribution in [0.4, 0.5) is 5.69 Å². The van der Waals surface area contributed by atoms with Gasteiger partial charge in [-0.3, -0.25) is 0 Å². The molecule has 142 valence electrons. The van der Waals surface area contributed by atoms with E-state index in [1.807, 2.05) is 0 Å². The standard InChI is InChI=1S/C21H28N6/c1-15(2)19-12-20(21-24-23-14-27(21)25-19)22-9-11-26-10-8-17(13-26)18-7-5-4-6-16(18)3/h4-7,12,14-15,17,22H,8-11,13H2,1-3H3. The summed E-state index contributed by atoms with van der Waals surface area (Å²) in [7, 11) is 0. The van der Waals surface area contributed by atoms with Crippen LogP contribution in [0.5, 0.6) is 0 Å². The highest BCUT2D eigenvalue weighted by Gasteiger charge is 2.24. The van der Waals surface area contributed by atoms with Gasteiger partial charge in [0.2, 0.25) is 5.65 Å². The van der Waals surface area contributed by atoms with E-state index in [1.165, 1.54) is 17.5 Å². The summed E-state index contributed by atoms with van der Waals surface area (Å²) in [4.78, 5) is 2.55. The van der Waals surface area contributed by atoms with Crippen molar-refractivity contribution in [2.75, 3.05) is 31.5 Å². The van der Waals surface area contributed by atoms with E-state index in [0.717, 1.165) is 43.2 Å². The number of nitrogens with one attached hydrogen (secondary N) is 1. The molecule has 0 amide bonds. The van der Waals surface area contributed by atoms with Crippen molar-refractivity contribution < 1.29 is 0 Å². The number of aryl methyl sites for hydroxylation is 1. The van der Waals surface area contributed by atoms with Gasteiger partial charge in [-0.2, -0.15) is 9.61 Å². The fraction of sp³-hybridized carbons (Fsp3) is 0.476. The summed E-state index contributed by atoms with van der Waals surface area (Å²) in [5, 5.41) is 16.3. The smallest absolute Gasteiger partial charge is 0.200 e. The number of hydrogen-bond donors (Lipinski definition) is 1. The fourth-order valence-corrected chi connectivity index (χ4v) is 3.94. The van der Waals surface area contributed by atoms with E-state index in [2.05, 4.69) is 76.6 Å². The van der Waals surface area contributed by atoms with Gasteiger partial charge in [0.25, 0.3) is 0 Å². The van der Waals surface area contributed by atoms with Crippen molar-refractivity contribution in [1.29, 1.82) is 0 Å². The maximum Gasteiger partial charge on any atom is 0.200 e. The second kappa shape index (κ2) is 7.64. The predicted molar refractivity (Wildman–Crippen MR) is 108 cm³/mol. The molecule has 0 radical (unpaired) electrons. The minimum absolute atomic E-state index is 0.366. The van der Waals surface area contributed by atoms with Crippen molar-refractivity contribution in [2.45, 2.75) is 39.0 Å². The molecule has 4 rings (SSSR count). The lowest BCUT2D eigenvalue weighted by Crippen LogP contribution is -2.27. The van der Waals surface area contributed by atoms with E-state index in [1.54, 1.807) is 10.8 Å². The molecule has 1 atom stereocenters. The molecule has 1 aliphatic rings. The SMILES string of the molecule is Cc1ccccc1C1CCN(CCNc2cc(C(C)C)nn3cnnc23)C1. The van der Waals surface area contributed by atoms with Gasteiger partial charge in [-0.05, 0) is 48.9 Å². The Kier molecular flexibility index (Phi) is 5.07. The molecular weight excluding hydrogens is 336 g/mol. The number of likely N-dealkylation sites (tertiary alicyclic amines) is 1. The highest BCUT2D eigenvalue weighted by Crippen LogP contribution is 2.29. The van der Waals surface area contributed by atoms with E-state index >= 15 is 0 Å². The van der Waals surface area contributed by atoms with E-state index in [4.69, 9.17) is 0 Å². The minimum Gasteiger partial charge on any atom is -0.381 e. The van der Waals surface area contributed by atoms with Crippen molar-refractivity contribution in [3.8, 4) is 0 Å². The molecule has 3 heterocycles. The lowest BCUT2D eigenvalue weighted by atomic mass is 9.94. The molecule has 3 aromatic rings. The third-order valence-corrected chi connectivity index (χ3v) is 5.52.